The molecule has 0 bridgehead atoms. The Morgan fingerprint density at radius 3 is 1.31 bits per heavy atom. The number of carboxylic acid groups (broad SMARTS) is 1. The maximum Gasteiger partial charge on any atom is 0.303 e. The van der Waals surface area contributed by atoms with Gasteiger partial charge in [-0.15, -0.1) is 0 Å². The van der Waals surface area contributed by atoms with E-state index >= 15 is 0 Å². The van der Waals surface area contributed by atoms with E-state index < -0.39 is 5.97 Å². The van der Waals surface area contributed by atoms with Crippen molar-refractivity contribution >= 4 is 5.97 Å². The second-order valence-electron chi connectivity index (χ2n) is 8.57. The highest BCUT2D eigenvalue weighted by molar-refractivity contribution is 5.66. The standard InChI is InChI=1S/C27H50O2/c1-2-3-4-5-6-7-8-9-10-11-12-13-14-15-16-17-18-19-20-21-22-23-24-25-26-27(28)29/h2-3,5-6H,4,7-26H2,1H3,(H,28,29). The third kappa shape index (κ3) is 26.9. The highest BCUT2D eigenvalue weighted by Gasteiger charge is 1.97. The summed E-state index contributed by atoms with van der Waals surface area (Å²) in [6.45, 7) is 2.08. The summed E-state index contributed by atoms with van der Waals surface area (Å²) < 4.78 is 0. The van der Waals surface area contributed by atoms with E-state index in [0.29, 0.717) is 6.42 Å². The van der Waals surface area contributed by atoms with Crippen LogP contribution in [0.4, 0.5) is 0 Å². The van der Waals surface area contributed by atoms with Gasteiger partial charge in [0.1, 0.15) is 0 Å². The van der Waals surface area contributed by atoms with Crippen molar-refractivity contribution in [1.29, 1.82) is 0 Å². The third-order valence-electron chi connectivity index (χ3n) is 5.69. The van der Waals surface area contributed by atoms with Crippen LogP contribution in [0.2, 0.25) is 0 Å². The zero-order valence-corrected chi connectivity index (χ0v) is 19.5. The Balaban J connectivity index is 3.05. The lowest BCUT2D eigenvalue weighted by Crippen LogP contribution is -1.93. The molecule has 170 valence electrons. The largest absolute Gasteiger partial charge is 0.481 e. The van der Waals surface area contributed by atoms with Gasteiger partial charge in [0.05, 0.1) is 0 Å². The average Bonchev–Trinajstić information content (AvgIpc) is 2.71. The fourth-order valence-electron chi connectivity index (χ4n) is 3.80. The summed E-state index contributed by atoms with van der Waals surface area (Å²) in [6, 6.07) is 0. The Bertz CT molecular complexity index is 384. The average molecular weight is 407 g/mol. The maximum absolute atomic E-state index is 10.4. The van der Waals surface area contributed by atoms with E-state index in [2.05, 4.69) is 31.2 Å². The number of carboxylic acids is 1. The van der Waals surface area contributed by atoms with Crippen molar-refractivity contribution < 1.29 is 9.90 Å². The molecule has 0 aliphatic carbocycles. The van der Waals surface area contributed by atoms with Crippen LogP contribution in [0.25, 0.3) is 0 Å². The molecular formula is C27H50O2. The van der Waals surface area contributed by atoms with Gasteiger partial charge in [-0.05, 0) is 32.6 Å². The van der Waals surface area contributed by atoms with Crippen LogP contribution < -0.4 is 0 Å². The van der Waals surface area contributed by atoms with Gasteiger partial charge in [0.25, 0.3) is 0 Å². The minimum Gasteiger partial charge on any atom is -0.481 e. The Morgan fingerprint density at radius 2 is 0.931 bits per heavy atom. The highest BCUT2D eigenvalue weighted by Crippen LogP contribution is 2.14. The molecule has 0 saturated heterocycles. The smallest absolute Gasteiger partial charge is 0.303 e. The summed E-state index contributed by atoms with van der Waals surface area (Å²) in [5.41, 5.74) is 0. The normalized spacial score (nSPS) is 11.8. The van der Waals surface area contributed by atoms with Gasteiger partial charge in [-0.1, -0.05) is 127 Å². The Hall–Kier alpha value is -1.05. The molecule has 29 heavy (non-hydrogen) atoms. The quantitative estimate of drug-likeness (QED) is 0.135. The molecule has 0 amide bonds. The van der Waals surface area contributed by atoms with Gasteiger partial charge in [0.15, 0.2) is 0 Å². The predicted molar refractivity (Wildman–Crippen MR) is 129 cm³/mol. The maximum atomic E-state index is 10.4. The van der Waals surface area contributed by atoms with Gasteiger partial charge in [-0.25, -0.2) is 0 Å². The molecule has 0 aromatic carbocycles. The lowest BCUT2D eigenvalue weighted by atomic mass is 10.0. The molecule has 0 radical (unpaired) electrons. The van der Waals surface area contributed by atoms with Crippen molar-refractivity contribution in [2.45, 2.75) is 142 Å². The van der Waals surface area contributed by atoms with Crippen LogP contribution in [-0.4, -0.2) is 11.1 Å². The van der Waals surface area contributed by atoms with Crippen LogP contribution in [-0.2, 0) is 4.79 Å². The molecule has 1 N–H and O–H groups in total. The molecule has 0 aliphatic rings. The summed E-state index contributed by atoms with van der Waals surface area (Å²) >= 11 is 0. The number of hydrogen-bond donors (Lipinski definition) is 1. The number of rotatable bonds is 23. The zero-order chi connectivity index (χ0) is 21.3. The first-order valence-electron chi connectivity index (χ1n) is 12.8. The van der Waals surface area contributed by atoms with Crippen LogP contribution >= 0.6 is 0 Å². The van der Waals surface area contributed by atoms with Crippen molar-refractivity contribution in [1.82, 2.24) is 0 Å². The Morgan fingerprint density at radius 1 is 0.552 bits per heavy atom. The molecule has 0 unspecified atom stereocenters. The lowest BCUT2D eigenvalue weighted by molar-refractivity contribution is -0.137. The highest BCUT2D eigenvalue weighted by atomic mass is 16.4. The van der Waals surface area contributed by atoms with Crippen molar-refractivity contribution in [2.24, 2.45) is 0 Å². The first kappa shape index (κ1) is 27.9. The molecule has 0 spiro atoms. The number of carbonyl (C=O) groups is 1. The van der Waals surface area contributed by atoms with E-state index in [1.807, 2.05) is 0 Å². The van der Waals surface area contributed by atoms with E-state index in [4.69, 9.17) is 5.11 Å². The second kappa shape index (κ2) is 25.0. The number of aliphatic carboxylic acids is 1. The molecule has 2 heteroatoms. The molecule has 0 aliphatic heterocycles. The van der Waals surface area contributed by atoms with E-state index in [1.165, 1.54) is 109 Å². The molecule has 0 fully saturated rings. The van der Waals surface area contributed by atoms with Gasteiger partial charge in [0.2, 0.25) is 0 Å². The first-order chi connectivity index (χ1) is 14.3. The van der Waals surface area contributed by atoms with Crippen LogP contribution in [0.5, 0.6) is 0 Å². The summed E-state index contributed by atoms with van der Waals surface area (Å²) in [4.78, 5) is 10.4. The van der Waals surface area contributed by atoms with E-state index in [-0.39, 0.29) is 0 Å². The zero-order valence-electron chi connectivity index (χ0n) is 19.5. The molecule has 0 saturated carbocycles. The van der Waals surface area contributed by atoms with E-state index in [9.17, 15) is 4.79 Å². The van der Waals surface area contributed by atoms with Crippen LogP contribution in [0.3, 0.4) is 0 Å². The number of unbranched alkanes of at least 4 members (excludes halogenated alkanes) is 18. The van der Waals surface area contributed by atoms with Crippen molar-refractivity contribution in [2.75, 3.05) is 0 Å². The molecule has 0 aromatic rings. The Kier molecular flexibility index (Phi) is 24.1. The summed E-state index contributed by atoms with van der Waals surface area (Å²) in [7, 11) is 0. The molecule has 0 heterocycles. The molecular weight excluding hydrogens is 356 g/mol. The molecule has 2 nitrogen and oxygen atoms in total. The monoisotopic (exact) mass is 406 g/mol. The number of hydrogen-bond acceptors (Lipinski definition) is 1. The Labute approximate surface area is 182 Å². The predicted octanol–water partition coefficient (Wildman–Crippen LogP) is 9.40. The van der Waals surface area contributed by atoms with E-state index in [0.717, 1.165) is 19.3 Å². The number of allylic oxidation sites excluding steroid dienone is 4. The van der Waals surface area contributed by atoms with Gasteiger partial charge < -0.3 is 5.11 Å². The van der Waals surface area contributed by atoms with Crippen LogP contribution in [0, 0.1) is 0 Å². The van der Waals surface area contributed by atoms with Gasteiger partial charge in [-0.3, -0.25) is 4.79 Å². The van der Waals surface area contributed by atoms with Crippen molar-refractivity contribution in [3.05, 3.63) is 24.3 Å². The summed E-state index contributed by atoms with van der Waals surface area (Å²) in [5, 5.41) is 8.59. The second-order valence-corrected chi connectivity index (χ2v) is 8.57. The molecule has 0 aromatic heterocycles. The van der Waals surface area contributed by atoms with Crippen molar-refractivity contribution in [3.63, 3.8) is 0 Å². The van der Waals surface area contributed by atoms with Gasteiger partial charge >= 0.3 is 5.97 Å². The third-order valence-corrected chi connectivity index (χ3v) is 5.69. The van der Waals surface area contributed by atoms with Gasteiger partial charge in [0, 0.05) is 6.42 Å². The van der Waals surface area contributed by atoms with Crippen LogP contribution in [0.15, 0.2) is 24.3 Å². The topological polar surface area (TPSA) is 37.3 Å². The summed E-state index contributed by atoms with van der Waals surface area (Å²) in [6.07, 6.45) is 35.7. The SMILES string of the molecule is CC=CCC=CCCCCCCCCCCCCCCCCCCCCC(=O)O. The first-order valence-corrected chi connectivity index (χ1v) is 12.8. The molecule has 0 atom stereocenters. The van der Waals surface area contributed by atoms with Crippen LogP contribution in [0.1, 0.15) is 142 Å². The fraction of sp³-hybridized carbons (Fsp3) is 0.815. The fourth-order valence-corrected chi connectivity index (χ4v) is 3.80. The van der Waals surface area contributed by atoms with Gasteiger partial charge in [-0.2, -0.15) is 0 Å². The van der Waals surface area contributed by atoms with E-state index in [1.54, 1.807) is 0 Å². The summed E-state index contributed by atoms with van der Waals surface area (Å²) in [5.74, 6) is -0.653. The minimum atomic E-state index is -0.653. The molecule has 0 rings (SSSR count). The minimum absolute atomic E-state index is 0.343. The lowest BCUT2D eigenvalue weighted by Gasteiger charge is -2.04. The van der Waals surface area contributed by atoms with Crippen molar-refractivity contribution in [3.8, 4) is 0 Å².